The molecule has 1 heterocycles. The number of carbonyl (C=O) groups is 1. The zero-order valence-corrected chi connectivity index (χ0v) is 8.15. The monoisotopic (exact) mass is 197 g/mol. The second-order valence-corrected chi connectivity index (χ2v) is 4.53. The third-order valence-corrected chi connectivity index (χ3v) is 3.82. The minimum Gasteiger partial charge on any atom is -0.477 e. The maximum absolute atomic E-state index is 10.8. The van der Waals surface area contributed by atoms with E-state index in [4.69, 9.17) is 10.8 Å². The molecule has 0 radical (unpaired) electrons. The number of carboxylic acid groups (broad SMARTS) is 1. The lowest BCUT2D eigenvalue weighted by molar-refractivity contribution is 0.0703. The van der Waals surface area contributed by atoms with E-state index in [0.29, 0.717) is 16.5 Å². The van der Waals surface area contributed by atoms with Gasteiger partial charge in [0.25, 0.3) is 0 Å². The normalized spacial score (nSPS) is 20.2. The van der Waals surface area contributed by atoms with Gasteiger partial charge in [-0.25, -0.2) is 4.79 Å². The van der Waals surface area contributed by atoms with Crippen molar-refractivity contribution in [3.63, 3.8) is 0 Å². The van der Waals surface area contributed by atoms with Crippen molar-refractivity contribution in [2.75, 3.05) is 5.73 Å². The Labute approximate surface area is 80.2 Å². The molecule has 70 valence electrons. The molecule has 0 unspecified atom stereocenters. The maximum atomic E-state index is 10.8. The standard InChI is InChI=1S/C9H11NO2S/c1-4-2-3-5-6(4)7(10)8(13-5)9(11)12/h4H,2-3,10H2,1H3,(H,11,12)/t4-/m1/s1. The lowest BCUT2D eigenvalue weighted by atomic mass is 10.0. The first-order valence-electron chi connectivity index (χ1n) is 4.25. The smallest absolute Gasteiger partial charge is 0.348 e. The van der Waals surface area contributed by atoms with Gasteiger partial charge in [0.2, 0.25) is 0 Å². The quantitative estimate of drug-likeness (QED) is 0.724. The molecule has 1 aliphatic rings. The summed E-state index contributed by atoms with van der Waals surface area (Å²) < 4.78 is 0. The van der Waals surface area contributed by atoms with E-state index in [1.165, 1.54) is 16.2 Å². The Balaban J connectivity index is 2.56. The van der Waals surface area contributed by atoms with Gasteiger partial charge in [-0.1, -0.05) is 6.92 Å². The predicted molar refractivity (Wildman–Crippen MR) is 52.4 cm³/mol. The van der Waals surface area contributed by atoms with E-state index in [0.717, 1.165) is 18.4 Å². The van der Waals surface area contributed by atoms with Crippen molar-refractivity contribution < 1.29 is 9.90 Å². The molecule has 0 bridgehead atoms. The van der Waals surface area contributed by atoms with Crippen LogP contribution in [0.5, 0.6) is 0 Å². The molecule has 0 saturated carbocycles. The number of thiophene rings is 1. The fourth-order valence-corrected chi connectivity index (χ4v) is 3.08. The summed E-state index contributed by atoms with van der Waals surface area (Å²) in [5, 5.41) is 8.84. The van der Waals surface area contributed by atoms with Crippen LogP contribution in [-0.4, -0.2) is 11.1 Å². The maximum Gasteiger partial charge on any atom is 0.348 e. The van der Waals surface area contributed by atoms with Gasteiger partial charge in [-0.2, -0.15) is 0 Å². The van der Waals surface area contributed by atoms with E-state index in [9.17, 15) is 4.79 Å². The molecule has 1 aromatic heterocycles. The highest BCUT2D eigenvalue weighted by molar-refractivity contribution is 7.14. The van der Waals surface area contributed by atoms with Gasteiger partial charge in [0, 0.05) is 4.88 Å². The molecule has 1 aromatic rings. The SMILES string of the molecule is C[C@@H]1CCc2sc(C(=O)O)c(N)c21. The zero-order chi connectivity index (χ0) is 9.59. The van der Waals surface area contributed by atoms with Gasteiger partial charge < -0.3 is 10.8 Å². The van der Waals surface area contributed by atoms with Crippen LogP contribution in [0.2, 0.25) is 0 Å². The second-order valence-electron chi connectivity index (χ2n) is 3.43. The molecule has 3 nitrogen and oxygen atoms in total. The minimum atomic E-state index is -0.899. The molecule has 0 spiro atoms. The molecule has 0 aromatic carbocycles. The highest BCUT2D eigenvalue weighted by atomic mass is 32.1. The van der Waals surface area contributed by atoms with E-state index >= 15 is 0 Å². The van der Waals surface area contributed by atoms with Gasteiger partial charge in [-0.15, -0.1) is 11.3 Å². The van der Waals surface area contributed by atoms with Gasteiger partial charge >= 0.3 is 5.97 Å². The Kier molecular flexibility index (Phi) is 1.80. The van der Waals surface area contributed by atoms with E-state index in [1.54, 1.807) is 0 Å². The van der Waals surface area contributed by atoms with Gasteiger partial charge in [0.05, 0.1) is 5.69 Å². The number of rotatable bonds is 1. The van der Waals surface area contributed by atoms with Gasteiger partial charge in [-0.05, 0) is 24.3 Å². The van der Waals surface area contributed by atoms with Crippen molar-refractivity contribution >= 4 is 23.0 Å². The number of fused-ring (bicyclic) bond motifs is 1. The first kappa shape index (κ1) is 8.56. The van der Waals surface area contributed by atoms with Crippen LogP contribution in [0.1, 0.15) is 39.4 Å². The topological polar surface area (TPSA) is 63.3 Å². The lowest BCUT2D eigenvalue weighted by Crippen LogP contribution is -2.00. The molecule has 4 heteroatoms. The summed E-state index contributed by atoms with van der Waals surface area (Å²) in [4.78, 5) is 12.2. The molecule has 3 N–H and O–H groups in total. The fraction of sp³-hybridized carbons (Fsp3) is 0.444. The molecule has 0 aliphatic heterocycles. The summed E-state index contributed by atoms with van der Waals surface area (Å²) in [6, 6.07) is 0. The summed E-state index contributed by atoms with van der Waals surface area (Å²) >= 11 is 1.34. The van der Waals surface area contributed by atoms with Crippen LogP contribution in [0.3, 0.4) is 0 Å². The number of nitrogen functional groups attached to an aromatic ring is 1. The number of hydrogen-bond acceptors (Lipinski definition) is 3. The van der Waals surface area contributed by atoms with Crippen molar-refractivity contribution in [3.8, 4) is 0 Å². The van der Waals surface area contributed by atoms with Crippen molar-refractivity contribution in [2.45, 2.75) is 25.7 Å². The highest BCUT2D eigenvalue weighted by Crippen LogP contribution is 2.43. The summed E-state index contributed by atoms with van der Waals surface area (Å²) in [6.07, 6.45) is 2.09. The van der Waals surface area contributed by atoms with Gasteiger partial charge in [0.15, 0.2) is 0 Å². The summed E-state index contributed by atoms with van der Waals surface area (Å²) in [7, 11) is 0. The molecule has 1 atom stereocenters. The van der Waals surface area contributed by atoms with Gasteiger partial charge in [0.1, 0.15) is 4.88 Å². The predicted octanol–water partition coefficient (Wildman–Crippen LogP) is 2.08. The largest absolute Gasteiger partial charge is 0.477 e. The molecule has 13 heavy (non-hydrogen) atoms. The lowest BCUT2D eigenvalue weighted by Gasteiger charge is -2.02. The van der Waals surface area contributed by atoms with Crippen molar-refractivity contribution in [3.05, 3.63) is 15.3 Å². The Morgan fingerprint density at radius 1 is 1.69 bits per heavy atom. The molecule has 1 aliphatic carbocycles. The molecule has 0 saturated heterocycles. The van der Waals surface area contributed by atoms with Crippen molar-refractivity contribution in [1.82, 2.24) is 0 Å². The number of hydrogen-bond donors (Lipinski definition) is 2. The summed E-state index contributed by atoms with van der Waals surface area (Å²) in [5.74, 6) is -0.469. The Hall–Kier alpha value is -1.03. The minimum absolute atomic E-state index is 0.316. The number of anilines is 1. The Morgan fingerprint density at radius 2 is 2.38 bits per heavy atom. The number of aryl methyl sites for hydroxylation is 1. The average Bonchev–Trinajstić information content (AvgIpc) is 2.55. The first-order valence-corrected chi connectivity index (χ1v) is 5.07. The first-order chi connectivity index (χ1) is 6.11. The molecular weight excluding hydrogens is 186 g/mol. The average molecular weight is 197 g/mol. The Morgan fingerprint density at radius 3 is 2.92 bits per heavy atom. The van der Waals surface area contributed by atoms with E-state index in [-0.39, 0.29) is 0 Å². The van der Waals surface area contributed by atoms with Crippen LogP contribution in [0.15, 0.2) is 0 Å². The zero-order valence-electron chi connectivity index (χ0n) is 7.33. The number of carboxylic acids is 1. The van der Waals surface area contributed by atoms with Crippen molar-refractivity contribution in [1.29, 1.82) is 0 Å². The van der Waals surface area contributed by atoms with Crippen LogP contribution in [0.25, 0.3) is 0 Å². The molecule has 0 amide bonds. The molecular formula is C9H11NO2S. The van der Waals surface area contributed by atoms with Crippen LogP contribution >= 0.6 is 11.3 Å². The highest BCUT2D eigenvalue weighted by Gasteiger charge is 2.28. The fourth-order valence-electron chi connectivity index (χ4n) is 1.88. The molecule has 2 rings (SSSR count). The number of nitrogens with two attached hydrogens (primary N) is 1. The van der Waals surface area contributed by atoms with E-state index in [1.807, 2.05) is 0 Å². The third-order valence-electron chi connectivity index (χ3n) is 2.55. The van der Waals surface area contributed by atoms with Crippen LogP contribution in [-0.2, 0) is 6.42 Å². The summed E-state index contributed by atoms with van der Waals surface area (Å²) in [5.41, 5.74) is 7.36. The van der Waals surface area contributed by atoms with Crippen LogP contribution in [0, 0.1) is 0 Å². The Bertz CT molecular complexity index is 370. The van der Waals surface area contributed by atoms with Crippen molar-refractivity contribution in [2.24, 2.45) is 0 Å². The second kappa shape index (κ2) is 2.73. The van der Waals surface area contributed by atoms with Crippen LogP contribution < -0.4 is 5.73 Å². The van der Waals surface area contributed by atoms with Crippen LogP contribution in [0.4, 0.5) is 5.69 Å². The molecule has 0 fully saturated rings. The van der Waals surface area contributed by atoms with E-state index < -0.39 is 5.97 Å². The number of aromatic carboxylic acids is 1. The third kappa shape index (κ3) is 1.13. The van der Waals surface area contributed by atoms with E-state index in [2.05, 4.69) is 6.92 Å². The van der Waals surface area contributed by atoms with Gasteiger partial charge in [-0.3, -0.25) is 0 Å². The summed E-state index contributed by atoms with van der Waals surface area (Å²) in [6.45, 7) is 2.10.